The molecule has 26 heavy (non-hydrogen) atoms. The maximum Gasteiger partial charge on any atom is 0.234 e. The molecule has 1 saturated heterocycles. The minimum atomic E-state index is -0.0505. The number of anilines is 2. The van der Waals surface area contributed by atoms with Crippen LogP contribution >= 0.6 is 11.8 Å². The van der Waals surface area contributed by atoms with Gasteiger partial charge in [0.15, 0.2) is 0 Å². The highest BCUT2D eigenvalue weighted by Gasteiger charge is 2.16. The highest BCUT2D eigenvalue weighted by atomic mass is 32.2. The van der Waals surface area contributed by atoms with Gasteiger partial charge >= 0.3 is 0 Å². The number of nitrogens with zero attached hydrogens (tertiary/aromatic N) is 3. The number of H-pyrrole nitrogens is 1. The fraction of sp³-hybridized carbons (Fsp3) is 0.526. The molecule has 1 fully saturated rings. The molecule has 0 radical (unpaired) electrons. The molecule has 1 aromatic carbocycles. The number of aromatic amines is 1. The van der Waals surface area contributed by atoms with E-state index in [1.54, 1.807) is 0 Å². The van der Waals surface area contributed by atoms with Crippen LogP contribution in [0.1, 0.15) is 45.4 Å². The Morgan fingerprint density at radius 1 is 1.31 bits per heavy atom. The van der Waals surface area contributed by atoms with E-state index in [0.29, 0.717) is 16.8 Å². The van der Waals surface area contributed by atoms with Gasteiger partial charge in [0.05, 0.1) is 5.75 Å². The minimum absolute atomic E-state index is 0.0505. The summed E-state index contributed by atoms with van der Waals surface area (Å²) in [6, 6.07) is 8.12. The lowest BCUT2D eigenvalue weighted by atomic mass is 9.99. The van der Waals surface area contributed by atoms with Gasteiger partial charge in [-0.1, -0.05) is 32.5 Å². The number of hydrogen-bond donors (Lipinski definition) is 2. The number of carbonyl (C=O) groups excluding carboxylic acids is 1. The van der Waals surface area contributed by atoms with Crippen molar-refractivity contribution in [2.45, 2.75) is 44.7 Å². The molecule has 2 heterocycles. The molecule has 7 heteroatoms. The molecule has 1 aliphatic rings. The first-order chi connectivity index (χ1) is 12.5. The highest BCUT2D eigenvalue weighted by molar-refractivity contribution is 7.99. The van der Waals surface area contributed by atoms with Crippen LogP contribution in [0.5, 0.6) is 0 Å². The first-order valence-electron chi connectivity index (χ1n) is 9.21. The molecule has 0 atom stereocenters. The molecule has 2 N–H and O–H groups in total. The van der Waals surface area contributed by atoms with Gasteiger partial charge < -0.3 is 10.2 Å². The van der Waals surface area contributed by atoms with Crippen LogP contribution in [0, 0.1) is 5.92 Å². The summed E-state index contributed by atoms with van der Waals surface area (Å²) in [6.45, 7) is 8.64. The first-order valence-corrected chi connectivity index (χ1v) is 10.2. The smallest absolute Gasteiger partial charge is 0.234 e. The predicted octanol–water partition coefficient (Wildman–Crippen LogP) is 3.90. The summed E-state index contributed by atoms with van der Waals surface area (Å²) in [4.78, 5) is 18.9. The lowest BCUT2D eigenvalue weighted by molar-refractivity contribution is -0.113. The van der Waals surface area contributed by atoms with E-state index in [1.165, 1.54) is 30.3 Å². The Morgan fingerprint density at radius 3 is 2.62 bits per heavy atom. The molecule has 0 saturated carbocycles. The Morgan fingerprint density at radius 2 is 2.00 bits per heavy atom. The molecule has 1 amide bonds. The summed E-state index contributed by atoms with van der Waals surface area (Å²) in [5.74, 6) is 2.21. The van der Waals surface area contributed by atoms with Crippen molar-refractivity contribution in [2.75, 3.05) is 29.1 Å². The number of nitrogens with one attached hydrogen (secondary N) is 2. The lowest BCUT2D eigenvalue weighted by Crippen LogP contribution is -2.32. The van der Waals surface area contributed by atoms with E-state index < -0.39 is 0 Å². The van der Waals surface area contributed by atoms with Gasteiger partial charge in [-0.15, -0.1) is 5.10 Å². The van der Waals surface area contributed by atoms with Crippen molar-refractivity contribution in [3.8, 4) is 0 Å². The maximum atomic E-state index is 12.1. The SMILES string of the molecule is CC1CCN(c2ccc(NC(=O)CSc3n[nH]c(C(C)C)n3)cc2)CC1. The van der Waals surface area contributed by atoms with E-state index in [4.69, 9.17) is 0 Å². The topological polar surface area (TPSA) is 73.9 Å². The van der Waals surface area contributed by atoms with E-state index in [9.17, 15) is 4.79 Å². The Kier molecular flexibility index (Phi) is 6.19. The molecule has 3 rings (SSSR count). The zero-order valence-corrected chi connectivity index (χ0v) is 16.5. The summed E-state index contributed by atoms with van der Waals surface area (Å²) in [5.41, 5.74) is 2.05. The van der Waals surface area contributed by atoms with Crippen molar-refractivity contribution in [1.82, 2.24) is 15.2 Å². The van der Waals surface area contributed by atoms with Gasteiger partial charge in [-0.2, -0.15) is 0 Å². The van der Waals surface area contributed by atoms with Crippen molar-refractivity contribution in [3.63, 3.8) is 0 Å². The van der Waals surface area contributed by atoms with Crippen molar-refractivity contribution in [1.29, 1.82) is 0 Å². The summed E-state index contributed by atoms with van der Waals surface area (Å²) in [7, 11) is 0. The number of amides is 1. The average molecular weight is 374 g/mol. The summed E-state index contributed by atoms with van der Waals surface area (Å²) in [6.07, 6.45) is 2.49. The molecule has 0 bridgehead atoms. The maximum absolute atomic E-state index is 12.1. The van der Waals surface area contributed by atoms with Crippen LogP contribution < -0.4 is 10.2 Å². The van der Waals surface area contributed by atoms with Crippen LogP contribution in [0.4, 0.5) is 11.4 Å². The second-order valence-electron chi connectivity index (χ2n) is 7.21. The number of piperidine rings is 1. The zero-order chi connectivity index (χ0) is 18.5. The largest absolute Gasteiger partial charge is 0.372 e. The van der Waals surface area contributed by atoms with Crippen molar-refractivity contribution in [3.05, 3.63) is 30.1 Å². The summed E-state index contributed by atoms with van der Waals surface area (Å²) < 4.78 is 0. The van der Waals surface area contributed by atoms with Gasteiger partial charge in [0.1, 0.15) is 5.82 Å². The molecule has 1 aromatic heterocycles. The normalized spacial score (nSPS) is 15.5. The summed E-state index contributed by atoms with van der Waals surface area (Å²) in [5, 5.41) is 10.6. The second kappa shape index (κ2) is 8.58. The van der Waals surface area contributed by atoms with Crippen LogP contribution in [0.3, 0.4) is 0 Å². The van der Waals surface area contributed by atoms with Crippen molar-refractivity contribution in [2.24, 2.45) is 5.92 Å². The van der Waals surface area contributed by atoms with E-state index in [2.05, 4.69) is 58.3 Å². The molecule has 0 spiro atoms. The second-order valence-corrected chi connectivity index (χ2v) is 8.15. The van der Waals surface area contributed by atoms with Gasteiger partial charge in [0, 0.05) is 30.4 Å². The van der Waals surface area contributed by atoms with E-state index in [1.807, 2.05) is 12.1 Å². The number of hydrogen-bond acceptors (Lipinski definition) is 5. The van der Waals surface area contributed by atoms with Crippen LogP contribution in [-0.4, -0.2) is 39.9 Å². The zero-order valence-electron chi connectivity index (χ0n) is 15.7. The summed E-state index contributed by atoms with van der Waals surface area (Å²) >= 11 is 1.34. The number of aromatic nitrogens is 3. The molecular formula is C19H27N5OS. The minimum Gasteiger partial charge on any atom is -0.372 e. The van der Waals surface area contributed by atoms with E-state index >= 15 is 0 Å². The number of benzene rings is 1. The molecule has 0 unspecified atom stereocenters. The van der Waals surface area contributed by atoms with E-state index in [-0.39, 0.29) is 5.91 Å². The van der Waals surface area contributed by atoms with E-state index in [0.717, 1.165) is 30.5 Å². The third-order valence-corrected chi connectivity index (χ3v) is 5.51. The molecule has 2 aromatic rings. The molecule has 1 aliphatic heterocycles. The predicted molar refractivity (Wildman–Crippen MR) is 107 cm³/mol. The average Bonchev–Trinajstić information content (AvgIpc) is 3.11. The number of thioether (sulfide) groups is 1. The van der Waals surface area contributed by atoms with Gasteiger partial charge in [-0.25, -0.2) is 4.98 Å². The fourth-order valence-electron chi connectivity index (χ4n) is 2.93. The Balaban J connectivity index is 1.48. The van der Waals surface area contributed by atoms with Gasteiger partial charge in [0.25, 0.3) is 0 Å². The van der Waals surface area contributed by atoms with Gasteiger partial charge in [-0.05, 0) is 43.0 Å². The fourth-order valence-corrected chi connectivity index (χ4v) is 3.54. The molecular weight excluding hydrogens is 346 g/mol. The van der Waals surface area contributed by atoms with Crippen LogP contribution in [0.25, 0.3) is 0 Å². The Hall–Kier alpha value is -2.02. The quantitative estimate of drug-likeness (QED) is 0.751. The standard InChI is InChI=1S/C19H27N5OS/c1-13(2)18-21-19(23-22-18)26-12-17(25)20-15-4-6-16(7-5-15)24-10-8-14(3)9-11-24/h4-7,13-14H,8-12H2,1-3H3,(H,20,25)(H,21,22,23). The molecule has 140 valence electrons. The van der Waals surface area contributed by atoms with Crippen molar-refractivity contribution >= 4 is 29.0 Å². The van der Waals surface area contributed by atoms with Crippen LogP contribution in [-0.2, 0) is 4.79 Å². The first kappa shape index (κ1) is 18.8. The lowest BCUT2D eigenvalue weighted by Gasteiger charge is -2.32. The van der Waals surface area contributed by atoms with Crippen LogP contribution in [0.15, 0.2) is 29.4 Å². The van der Waals surface area contributed by atoms with Gasteiger partial charge in [-0.3, -0.25) is 9.89 Å². The third-order valence-electron chi connectivity index (χ3n) is 4.66. The Bertz CT molecular complexity index is 720. The Labute approximate surface area is 159 Å². The molecule has 0 aliphatic carbocycles. The molecule has 6 nitrogen and oxygen atoms in total. The number of carbonyl (C=O) groups is 1. The van der Waals surface area contributed by atoms with Gasteiger partial charge in [0.2, 0.25) is 11.1 Å². The highest BCUT2D eigenvalue weighted by Crippen LogP contribution is 2.24. The monoisotopic (exact) mass is 373 g/mol. The third kappa shape index (κ3) is 5.00. The van der Waals surface area contributed by atoms with Crippen LogP contribution in [0.2, 0.25) is 0 Å². The van der Waals surface area contributed by atoms with Crippen molar-refractivity contribution < 1.29 is 4.79 Å². The number of rotatable bonds is 6.